The Bertz CT molecular complexity index is 399. The average molecular weight is 241 g/mol. The number of ether oxygens (including phenoxy) is 1. The highest BCUT2D eigenvalue weighted by molar-refractivity contribution is 6.30. The van der Waals surface area contributed by atoms with Gasteiger partial charge in [-0.1, -0.05) is 23.8 Å². The second-order valence-corrected chi connectivity index (χ2v) is 3.66. The number of methoxy groups -OCH3 is 1. The van der Waals surface area contributed by atoms with Gasteiger partial charge in [0.25, 0.3) is 0 Å². The third kappa shape index (κ3) is 3.95. The summed E-state index contributed by atoms with van der Waals surface area (Å²) in [7, 11) is 1.57. The van der Waals surface area contributed by atoms with Gasteiger partial charge in [-0.25, -0.2) is 0 Å². The molecule has 1 aromatic rings. The lowest BCUT2D eigenvalue weighted by atomic mass is 10.1. The largest absolute Gasteiger partial charge is 0.496 e. The molecular weight excluding hydrogens is 228 g/mol. The Balaban J connectivity index is 2.69. The minimum atomic E-state index is -0.798. The molecule has 0 aliphatic rings. The molecule has 0 aliphatic carbocycles. The third-order valence-electron chi connectivity index (χ3n) is 2.02. The van der Waals surface area contributed by atoms with Crippen LogP contribution < -0.4 is 4.74 Å². The minimum absolute atomic E-state index is 0.131. The van der Waals surface area contributed by atoms with E-state index in [0.717, 1.165) is 5.56 Å². The Hall–Kier alpha value is -1.48. The first-order valence-electron chi connectivity index (χ1n) is 4.85. The first kappa shape index (κ1) is 12.6. The average Bonchev–Trinajstić information content (AvgIpc) is 2.25. The number of rotatable bonds is 5. The molecule has 0 amide bonds. The van der Waals surface area contributed by atoms with E-state index in [2.05, 4.69) is 0 Å². The Morgan fingerprint density at radius 2 is 2.31 bits per heavy atom. The molecule has 0 atom stereocenters. The molecule has 3 nitrogen and oxygen atoms in total. The van der Waals surface area contributed by atoms with Gasteiger partial charge in [0.1, 0.15) is 5.75 Å². The van der Waals surface area contributed by atoms with Crippen LogP contribution in [-0.2, 0) is 4.79 Å². The van der Waals surface area contributed by atoms with Crippen LogP contribution in [0.1, 0.15) is 18.4 Å². The molecule has 4 heteroatoms. The fraction of sp³-hybridized carbons (Fsp3) is 0.250. The molecule has 16 heavy (non-hydrogen) atoms. The number of halogens is 1. The maximum absolute atomic E-state index is 10.3. The standard InChI is InChI=1S/C12H13ClO3/c1-16-11-8-10(13)7-6-9(11)4-2-3-5-12(14)15/h2,4,6-8H,3,5H2,1H3,(H,14,15). The van der Waals surface area contributed by atoms with Crippen LogP contribution in [-0.4, -0.2) is 18.2 Å². The van der Waals surface area contributed by atoms with Gasteiger partial charge >= 0.3 is 5.97 Å². The number of aliphatic carboxylic acids is 1. The highest BCUT2D eigenvalue weighted by Crippen LogP contribution is 2.24. The van der Waals surface area contributed by atoms with Crippen molar-refractivity contribution in [2.45, 2.75) is 12.8 Å². The zero-order valence-corrected chi connectivity index (χ0v) is 9.70. The number of allylic oxidation sites excluding steroid dienone is 1. The van der Waals surface area contributed by atoms with Crippen molar-refractivity contribution in [3.63, 3.8) is 0 Å². The number of hydrogen-bond acceptors (Lipinski definition) is 2. The van der Waals surface area contributed by atoms with Crippen molar-refractivity contribution in [2.75, 3.05) is 7.11 Å². The van der Waals surface area contributed by atoms with Gasteiger partial charge in [-0.3, -0.25) is 4.79 Å². The maximum atomic E-state index is 10.3. The lowest BCUT2D eigenvalue weighted by Crippen LogP contribution is -1.91. The maximum Gasteiger partial charge on any atom is 0.303 e. The molecule has 0 heterocycles. The zero-order valence-electron chi connectivity index (χ0n) is 8.94. The smallest absolute Gasteiger partial charge is 0.303 e. The van der Waals surface area contributed by atoms with Gasteiger partial charge in [-0.05, 0) is 24.6 Å². The predicted octanol–water partition coefficient (Wildman–Crippen LogP) is 3.23. The second-order valence-electron chi connectivity index (χ2n) is 3.22. The summed E-state index contributed by atoms with van der Waals surface area (Å²) in [5.41, 5.74) is 0.886. The van der Waals surface area contributed by atoms with Crippen LogP contribution >= 0.6 is 11.6 Å². The summed E-state index contributed by atoms with van der Waals surface area (Å²) < 4.78 is 5.15. The van der Waals surface area contributed by atoms with Gasteiger partial charge in [0.05, 0.1) is 7.11 Å². The van der Waals surface area contributed by atoms with Crippen LogP contribution in [0.2, 0.25) is 5.02 Å². The van der Waals surface area contributed by atoms with Gasteiger partial charge in [-0.2, -0.15) is 0 Å². The van der Waals surface area contributed by atoms with E-state index in [4.69, 9.17) is 21.4 Å². The van der Waals surface area contributed by atoms with Crippen molar-refractivity contribution < 1.29 is 14.6 Å². The molecule has 0 aliphatic heterocycles. The number of benzene rings is 1. The molecule has 0 saturated carbocycles. The number of hydrogen-bond donors (Lipinski definition) is 1. The Morgan fingerprint density at radius 1 is 1.56 bits per heavy atom. The van der Waals surface area contributed by atoms with Crippen LogP contribution in [0, 0.1) is 0 Å². The highest BCUT2D eigenvalue weighted by Gasteiger charge is 2.00. The van der Waals surface area contributed by atoms with Crippen LogP contribution in [0.15, 0.2) is 24.3 Å². The van der Waals surface area contributed by atoms with Crippen LogP contribution in [0.4, 0.5) is 0 Å². The fourth-order valence-electron chi connectivity index (χ4n) is 1.24. The summed E-state index contributed by atoms with van der Waals surface area (Å²) in [6, 6.07) is 5.32. The summed E-state index contributed by atoms with van der Waals surface area (Å²) >= 11 is 5.82. The molecule has 0 unspecified atom stereocenters. The van der Waals surface area contributed by atoms with Gasteiger partial charge in [0, 0.05) is 17.0 Å². The van der Waals surface area contributed by atoms with E-state index in [0.29, 0.717) is 17.2 Å². The van der Waals surface area contributed by atoms with E-state index in [9.17, 15) is 4.79 Å². The number of carbonyl (C=O) groups is 1. The molecule has 0 saturated heterocycles. The zero-order chi connectivity index (χ0) is 12.0. The SMILES string of the molecule is COc1cc(Cl)ccc1C=CCCC(=O)O. The summed E-state index contributed by atoms with van der Waals surface area (Å²) in [4.78, 5) is 10.3. The van der Waals surface area contributed by atoms with E-state index < -0.39 is 5.97 Å². The van der Waals surface area contributed by atoms with Crippen molar-refractivity contribution in [3.8, 4) is 5.75 Å². The summed E-state index contributed by atoms with van der Waals surface area (Å²) in [6.07, 6.45) is 4.27. The van der Waals surface area contributed by atoms with E-state index >= 15 is 0 Å². The quantitative estimate of drug-likeness (QED) is 0.860. The Kier molecular flexibility index (Phi) is 4.86. The van der Waals surface area contributed by atoms with Crippen molar-refractivity contribution >= 4 is 23.6 Å². The van der Waals surface area contributed by atoms with Crippen molar-refractivity contribution in [1.82, 2.24) is 0 Å². The molecule has 0 aromatic heterocycles. The summed E-state index contributed by atoms with van der Waals surface area (Å²) in [5.74, 6) is -0.119. The van der Waals surface area contributed by atoms with Gasteiger partial charge < -0.3 is 9.84 Å². The van der Waals surface area contributed by atoms with E-state index in [1.807, 2.05) is 12.1 Å². The topological polar surface area (TPSA) is 46.5 Å². The Morgan fingerprint density at radius 3 is 2.94 bits per heavy atom. The highest BCUT2D eigenvalue weighted by atomic mass is 35.5. The normalized spacial score (nSPS) is 10.6. The predicted molar refractivity (Wildman–Crippen MR) is 63.9 cm³/mol. The first-order valence-corrected chi connectivity index (χ1v) is 5.23. The fourth-order valence-corrected chi connectivity index (χ4v) is 1.40. The summed E-state index contributed by atoms with van der Waals surface area (Å²) in [5, 5.41) is 9.08. The molecule has 1 aromatic carbocycles. The van der Waals surface area contributed by atoms with Gasteiger partial charge in [0.15, 0.2) is 0 Å². The number of carboxylic acid groups (broad SMARTS) is 1. The van der Waals surface area contributed by atoms with Gasteiger partial charge in [-0.15, -0.1) is 0 Å². The first-order chi connectivity index (χ1) is 7.63. The van der Waals surface area contributed by atoms with Crippen LogP contribution in [0.25, 0.3) is 6.08 Å². The molecule has 0 spiro atoms. The van der Waals surface area contributed by atoms with Crippen molar-refractivity contribution in [1.29, 1.82) is 0 Å². The molecule has 0 fully saturated rings. The summed E-state index contributed by atoms with van der Waals surface area (Å²) in [6.45, 7) is 0. The van der Waals surface area contributed by atoms with Crippen LogP contribution in [0.5, 0.6) is 5.75 Å². The lowest BCUT2D eigenvalue weighted by molar-refractivity contribution is -0.136. The molecule has 1 rings (SSSR count). The molecule has 0 radical (unpaired) electrons. The van der Waals surface area contributed by atoms with Crippen molar-refractivity contribution in [3.05, 3.63) is 34.9 Å². The molecule has 1 N–H and O–H groups in total. The van der Waals surface area contributed by atoms with Gasteiger partial charge in [0.2, 0.25) is 0 Å². The number of carboxylic acids is 1. The van der Waals surface area contributed by atoms with Crippen LogP contribution in [0.3, 0.4) is 0 Å². The molecule has 86 valence electrons. The third-order valence-corrected chi connectivity index (χ3v) is 2.25. The van der Waals surface area contributed by atoms with E-state index in [-0.39, 0.29) is 6.42 Å². The molecular formula is C12H13ClO3. The Labute approximate surface area is 99.3 Å². The van der Waals surface area contributed by atoms with E-state index in [1.54, 1.807) is 25.3 Å². The molecule has 0 bridgehead atoms. The second kappa shape index (κ2) is 6.18. The lowest BCUT2D eigenvalue weighted by Gasteiger charge is -2.04. The minimum Gasteiger partial charge on any atom is -0.496 e. The van der Waals surface area contributed by atoms with E-state index in [1.165, 1.54) is 0 Å². The monoisotopic (exact) mass is 240 g/mol. The van der Waals surface area contributed by atoms with Crippen molar-refractivity contribution in [2.24, 2.45) is 0 Å².